The van der Waals surface area contributed by atoms with E-state index >= 15 is 0 Å². The quantitative estimate of drug-likeness (QED) is 0.778. The van der Waals surface area contributed by atoms with Crippen LogP contribution in [-0.2, 0) is 15.6 Å². The molecule has 0 radical (unpaired) electrons. The number of piperidine rings is 1. The predicted molar refractivity (Wildman–Crippen MR) is 122 cm³/mol. The van der Waals surface area contributed by atoms with E-state index in [-0.39, 0.29) is 10.8 Å². The molecule has 1 amide bonds. The number of nitrogens with zero attached hydrogens (tertiary/aromatic N) is 5. The SMILES string of the molecule is O=C1N(CC2CCN(CC3(c4nn[nH]n4)CCCC3)CC2)c2ccccc2C12CCCC2. The van der Waals surface area contributed by atoms with Gasteiger partial charge in [-0.3, -0.25) is 4.79 Å². The molecular weight excluding hydrogens is 400 g/mol. The lowest BCUT2D eigenvalue weighted by Gasteiger charge is -2.38. The van der Waals surface area contributed by atoms with Gasteiger partial charge in [0.05, 0.1) is 5.41 Å². The Bertz CT molecular complexity index is 953. The molecule has 1 saturated heterocycles. The summed E-state index contributed by atoms with van der Waals surface area (Å²) in [5.74, 6) is 1.85. The largest absolute Gasteiger partial charge is 0.311 e. The Labute approximate surface area is 189 Å². The number of likely N-dealkylation sites (tertiary alicyclic amines) is 1. The zero-order chi connectivity index (χ0) is 21.6. The fourth-order valence-electron chi connectivity index (χ4n) is 7.14. The maximum atomic E-state index is 13.6. The summed E-state index contributed by atoms with van der Waals surface area (Å²) in [5, 5.41) is 15.2. The number of fused-ring (bicyclic) bond motifs is 2. The van der Waals surface area contributed by atoms with Gasteiger partial charge in [0.1, 0.15) is 0 Å². The van der Waals surface area contributed by atoms with E-state index in [1.807, 2.05) is 0 Å². The van der Waals surface area contributed by atoms with Gasteiger partial charge in [0.2, 0.25) is 5.91 Å². The number of amides is 1. The Hall–Kier alpha value is -2.28. The third kappa shape index (κ3) is 3.19. The second kappa shape index (κ2) is 7.94. The monoisotopic (exact) mass is 434 g/mol. The molecule has 7 heteroatoms. The average Bonchev–Trinajstić information content (AvgIpc) is 3.62. The predicted octanol–water partition coefficient (Wildman–Crippen LogP) is 3.58. The van der Waals surface area contributed by atoms with Crippen LogP contribution in [0, 0.1) is 5.92 Å². The Morgan fingerprint density at radius 1 is 1.00 bits per heavy atom. The summed E-state index contributed by atoms with van der Waals surface area (Å²) < 4.78 is 0. The Morgan fingerprint density at radius 3 is 2.44 bits per heavy atom. The zero-order valence-corrected chi connectivity index (χ0v) is 18.9. The van der Waals surface area contributed by atoms with E-state index in [1.54, 1.807) is 0 Å². The first kappa shape index (κ1) is 20.3. The number of carbonyl (C=O) groups excluding carboxylic acids is 1. The van der Waals surface area contributed by atoms with Crippen molar-refractivity contribution in [2.24, 2.45) is 5.92 Å². The Kier molecular flexibility index (Phi) is 5.05. The molecule has 1 N–H and O–H groups in total. The summed E-state index contributed by atoms with van der Waals surface area (Å²) in [7, 11) is 0. The van der Waals surface area contributed by atoms with Gasteiger partial charge in [-0.1, -0.05) is 49.1 Å². The van der Waals surface area contributed by atoms with E-state index in [9.17, 15) is 4.79 Å². The van der Waals surface area contributed by atoms with Crippen LogP contribution in [-0.4, -0.2) is 57.6 Å². The first-order valence-corrected chi connectivity index (χ1v) is 12.6. The molecule has 0 unspecified atom stereocenters. The first-order valence-electron chi connectivity index (χ1n) is 12.6. The van der Waals surface area contributed by atoms with E-state index in [1.165, 1.54) is 36.9 Å². The van der Waals surface area contributed by atoms with Gasteiger partial charge in [-0.05, 0) is 69.2 Å². The first-order chi connectivity index (χ1) is 15.7. The minimum absolute atomic E-state index is 0.0680. The van der Waals surface area contributed by atoms with Crippen molar-refractivity contribution in [3.05, 3.63) is 35.7 Å². The van der Waals surface area contributed by atoms with E-state index in [0.717, 1.165) is 70.5 Å². The number of tetrazole rings is 1. The van der Waals surface area contributed by atoms with Gasteiger partial charge in [-0.2, -0.15) is 5.21 Å². The fourth-order valence-corrected chi connectivity index (χ4v) is 7.14. The summed E-state index contributed by atoms with van der Waals surface area (Å²) in [6.45, 7) is 4.10. The van der Waals surface area contributed by atoms with Crippen molar-refractivity contribution in [2.45, 2.75) is 75.0 Å². The molecule has 2 saturated carbocycles. The number of benzene rings is 1. The molecule has 32 heavy (non-hydrogen) atoms. The van der Waals surface area contributed by atoms with Crippen LogP contribution in [0.25, 0.3) is 0 Å². The second-order valence-electron chi connectivity index (χ2n) is 10.7. The van der Waals surface area contributed by atoms with Gasteiger partial charge in [0.25, 0.3) is 0 Å². The third-order valence-corrected chi connectivity index (χ3v) is 8.88. The number of rotatable bonds is 5. The van der Waals surface area contributed by atoms with Gasteiger partial charge in [-0.25, -0.2) is 0 Å². The van der Waals surface area contributed by atoms with Gasteiger partial charge in [0.15, 0.2) is 5.82 Å². The van der Waals surface area contributed by atoms with Crippen molar-refractivity contribution >= 4 is 11.6 Å². The summed E-state index contributed by atoms with van der Waals surface area (Å²) in [6.07, 6.45) is 11.5. The summed E-state index contributed by atoms with van der Waals surface area (Å²) in [5.41, 5.74) is 2.32. The van der Waals surface area contributed by atoms with Crippen LogP contribution in [0.1, 0.15) is 75.6 Å². The maximum Gasteiger partial charge on any atom is 0.237 e. The van der Waals surface area contributed by atoms with Crippen LogP contribution >= 0.6 is 0 Å². The minimum atomic E-state index is -0.225. The van der Waals surface area contributed by atoms with Crippen molar-refractivity contribution in [3.63, 3.8) is 0 Å². The van der Waals surface area contributed by atoms with Crippen LogP contribution in [0.2, 0.25) is 0 Å². The molecule has 0 bridgehead atoms. The fraction of sp³-hybridized carbons (Fsp3) is 0.680. The van der Waals surface area contributed by atoms with Crippen molar-refractivity contribution in [2.75, 3.05) is 31.1 Å². The molecule has 1 aromatic carbocycles. The van der Waals surface area contributed by atoms with Crippen LogP contribution in [0.5, 0.6) is 0 Å². The summed E-state index contributed by atoms with van der Waals surface area (Å²) >= 11 is 0. The van der Waals surface area contributed by atoms with E-state index in [0.29, 0.717) is 11.8 Å². The van der Waals surface area contributed by atoms with Crippen LogP contribution in [0.4, 0.5) is 5.69 Å². The standard InChI is InChI=1S/C25H34N6O/c32-23-25(13-5-6-14-25)20-7-1-2-8-21(20)31(23)17-19-9-15-30(16-10-19)18-24(11-3-4-12-24)22-26-28-29-27-22/h1-2,7-8,19H,3-6,9-18H2,(H,26,27,28,29). The van der Waals surface area contributed by atoms with Crippen LogP contribution in [0.3, 0.4) is 0 Å². The Balaban J connectivity index is 1.12. The highest BCUT2D eigenvalue weighted by Crippen LogP contribution is 2.51. The third-order valence-electron chi connectivity index (χ3n) is 8.88. The van der Waals surface area contributed by atoms with Gasteiger partial charge in [-0.15, -0.1) is 10.2 Å². The highest BCUT2D eigenvalue weighted by molar-refractivity contribution is 6.08. The molecule has 170 valence electrons. The molecule has 0 atom stereocenters. The lowest BCUT2D eigenvalue weighted by molar-refractivity contribution is -0.123. The maximum absolute atomic E-state index is 13.6. The molecule has 7 nitrogen and oxygen atoms in total. The molecule has 3 fully saturated rings. The van der Waals surface area contributed by atoms with Gasteiger partial charge >= 0.3 is 0 Å². The molecule has 6 rings (SSSR count). The summed E-state index contributed by atoms with van der Waals surface area (Å²) in [6, 6.07) is 8.58. The molecule has 1 spiro atoms. The van der Waals surface area contributed by atoms with Crippen molar-refractivity contribution < 1.29 is 4.79 Å². The van der Waals surface area contributed by atoms with E-state index in [2.05, 4.69) is 54.7 Å². The zero-order valence-electron chi connectivity index (χ0n) is 18.9. The number of para-hydroxylation sites is 1. The molecule has 1 aromatic heterocycles. The van der Waals surface area contributed by atoms with Crippen LogP contribution in [0.15, 0.2) is 24.3 Å². The molecular formula is C25H34N6O. The number of carbonyl (C=O) groups is 1. The number of nitrogens with one attached hydrogen (secondary N) is 1. The topological polar surface area (TPSA) is 78.0 Å². The van der Waals surface area contributed by atoms with E-state index < -0.39 is 0 Å². The number of hydrogen-bond donors (Lipinski definition) is 1. The molecule has 2 aliphatic carbocycles. The average molecular weight is 435 g/mol. The number of hydrogen-bond acceptors (Lipinski definition) is 5. The molecule has 4 aliphatic rings. The number of aromatic amines is 1. The van der Waals surface area contributed by atoms with Gasteiger partial charge in [0, 0.05) is 24.2 Å². The number of H-pyrrole nitrogens is 1. The molecule has 3 heterocycles. The highest BCUT2D eigenvalue weighted by atomic mass is 16.2. The molecule has 2 aromatic rings. The number of aromatic nitrogens is 4. The molecule has 2 aliphatic heterocycles. The van der Waals surface area contributed by atoms with Crippen molar-refractivity contribution in [3.8, 4) is 0 Å². The Morgan fingerprint density at radius 2 is 1.72 bits per heavy atom. The lowest BCUT2D eigenvalue weighted by atomic mass is 9.80. The normalized spacial score (nSPS) is 25.1. The second-order valence-corrected chi connectivity index (χ2v) is 10.7. The summed E-state index contributed by atoms with van der Waals surface area (Å²) in [4.78, 5) is 18.4. The van der Waals surface area contributed by atoms with E-state index in [4.69, 9.17) is 0 Å². The van der Waals surface area contributed by atoms with Crippen molar-refractivity contribution in [1.82, 2.24) is 25.5 Å². The minimum Gasteiger partial charge on any atom is -0.311 e. The van der Waals surface area contributed by atoms with Gasteiger partial charge < -0.3 is 9.80 Å². The van der Waals surface area contributed by atoms with Crippen LogP contribution < -0.4 is 4.90 Å². The lowest BCUT2D eigenvalue weighted by Crippen LogP contribution is -2.46. The smallest absolute Gasteiger partial charge is 0.237 e. The number of anilines is 1. The van der Waals surface area contributed by atoms with Crippen molar-refractivity contribution in [1.29, 1.82) is 0 Å². The highest BCUT2D eigenvalue weighted by Gasteiger charge is 2.52.